The van der Waals surface area contributed by atoms with E-state index in [4.69, 9.17) is 23.7 Å². The predicted molar refractivity (Wildman–Crippen MR) is 277 cm³/mol. The molecule has 5 saturated carbocycles. The molecule has 1 saturated heterocycles. The maximum atomic E-state index is 14.7. The molecule has 6 fully saturated rings. The molecule has 1 aliphatic heterocycles. The van der Waals surface area contributed by atoms with Gasteiger partial charge in [0.25, 0.3) is 0 Å². The molecule has 6 unspecified atom stereocenters. The summed E-state index contributed by atoms with van der Waals surface area (Å²) in [6, 6.07) is 41.0. The number of benzene rings is 4. The molecule has 4 aromatic carbocycles. The van der Waals surface area contributed by atoms with Gasteiger partial charge < -0.3 is 28.8 Å². The number of aliphatic hydroxyl groups is 1. The summed E-state index contributed by atoms with van der Waals surface area (Å²) < 4.78 is 34.1. The van der Waals surface area contributed by atoms with E-state index >= 15 is 0 Å². The fourth-order valence-corrected chi connectivity index (χ4v) is 17.1. The number of aliphatic hydroxyl groups excluding tert-OH is 1. The van der Waals surface area contributed by atoms with Crippen LogP contribution in [0.15, 0.2) is 133 Å². The van der Waals surface area contributed by atoms with E-state index in [2.05, 4.69) is 108 Å². The Morgan fingerprint density at radius 2 is 1.18 bits per heavy atom. The van der Waals surface area contributed by atoms with E-state index in [0.717, 1.165) is 80.0 Å². The van der Waals surface area contributed by atoms with Crippen LogP contribution in [0.1, 0.15) is 134 Å². The van der Waals surface area contributed by atoms with Crippen molar-refractivity contribution < 1.29 is 33.6 Å². The smallest absolute Gasteiger partial charge is 0.313 e. The van der Waals surface area contributed by atoms with Gasteiger partial charge in [-0.05, 0) is 138 Å². The summed E-state index contributed by atoms with van der Waals surface area (Å²) >= 11 is 0. The van der Waals surface area contributed by atoms with Crippen molar-refractivity contribution in [3.63, 3.8) is 0 Å². The molecule has 4 aromatic rings. The largest absolute Gasteiger partial charge is 0.460 e. The predicted octanol–water partition coefficient (Wildman–Crippen LogP) is 13.4. The van der Waals surface area contributed by atoms with Crippen molar-refractivity contribution in [2.75, 3.05) is 6.61 Å². The fourth-order valence-electron chi connectivity index (χ4n) is 17.1. The second-order valence-corrected chi connectivity index (χ2v) is 25.3. The van der Waals surface area contributed by atoms with Crippen LogP contribution in [0.3, 0.4) is 0 Å². The summed E-state index contributed by atoms with van der Waals surface area (Å²) in [4.78, 5) is 14.7. The van der Waals surface area contributed by atoms with Crippen LogP contribution in [0.2, 0.25) is 0 Å². The molecule has 11 rings (SSSR count). The number of rotatable bonds is 14. The zero-order valence-corrected chi connectivity index (χ0v) is 43.5. The van der Waals surface area contributed by atoms with E-state index in [1.165, 1.54) is 12.8 Å². The second-order valence-electron chi connectivity index (χ2n) is 25.3. The number of allylic oxidation sites excluding steroid dienone is 2. The SMILES string of the molecule is CC1(C)CC[C@]2(C(=O)OCc3ccccc3)CC[C@]3(C)C(=CCC4[C@@]5(C)CC[C@@]6([C@@H]7OC(COCc8ccccc8)[C@@H](OCc8ccccc8)C(O)C7OCc7ccccc7)C[C@]6(C)C5CC[C@]43C)C2C1. The third-order valence-corrected chi connectivity index (χ3v) is 21.3. The van der Waals surface area contributed by atoms with Gasteiger partial charge in [-0.15, -0.1) is 0 Å². The van der Waals surface area contributed by atoms with Crippen molar-refractivity contribution in [3.05, 3.63) is 155 Å². The molecular weight excluding hydrogens is 881 g/mol. The van der Waals surface area contributed by atoms with Crippen molar-refractivity contribution >= 4 is 5.97 Å². The summed E-state index contributed by atoms with van der Waals surface area (Å²) in [6.45, 7) is 17.2. The standard InChI is InChI=1S/C64H80O7/c1-58(2)31-34-63(57(66)70-41-47-25-17-10-18-26-47)35-33-60(4)48(49(63)37-58)27-28-51-59(3)32-36-64(43-62(64,6)52(59)29-30-61(51,60)5)56-55(69-40-46-23-15-9-16-24-46)53(65)54(68-39-45-21-13-8-14-22-45)50(71-56)42-67-38-44-19-11-7-12-20-44/h7-27,49-56,65H,28-43H2,1-6H3/t49?,50?,51?,52?,53?,54-,55?,56-,59-,60-,61-,62-,63+,64+/m1/s1. The Balaban J connectivity index is 0.885. The summed E-state index contributed by atoms with van der Waals surface area (Å²) in [5.74, 6) is 1.24. The van der Waals surface area contributed by atoms with Gasteiger partial charge in [-0.2, -0.15) is 0 Å². The molecule has 7 aliphatic rings. The molecule has 1 heterocycles. The zero-order chi connectivity index (χ0) is 49.3. The van der Waals surface area contributed by atoms with Crippen LogP contribution in [0.25, 0.3) is 0 Å². The molecule has 1 N–H and O–H groups in total. The fraction of sp³-hybridized carbons (Fsp3) is 0.578. The second kappa shape index (κ2) is 18.7. The third-order valence-electron chi connectivity index (χ3n) is 21.3. The Kier molecular flexibility index (Phi) is 12.9. The van der Waals surface area contributed by atoms with Gasteiger partial charge in [-0.1, -0.05) is 175 Å². The van der Waals surface area contributed by atoms with Crippen LogP contribution in [-0.4, -0.2) is 48.2 Å². The normalized spacial score (nSPS) is 39.8. The summed E-state index contributed by atoms with van der Waals surface area (Å²) in [5.41, 5.74) is 5.61. The van der Waals surface area contributed by atoms with Crippen LogP contribution >= 0.6 is 0 Å². The van der Waals surface area contributed by atoms with E-state index in [9.17, 15) is 9.90 Å². The average Bonchev–Trinajstić information content (AvgIpc) is 4.02. The Hall–Kier alpha value is -4.11. The molecule has 0 aromatic heterocycles. The molecule has 7 heteroatoms. The minimum atomic E-state index is -0.922. The molecule has 0 radical (unpaired) electrons. The topological polar surface area (TPSA) is 83.5 Å². The van der Waals surface area contributed by atoms with Crippen molar-refractivity contribution in [1.82, 2.24) is 0 Å². The molecule has 7 nitrogen and oxygen atoms in total. The van der Waals surface area contributed by atoms with Crippen molar-refractivity contribution in [2.45, 2.75) is 169 Å². The lowest BCUT2D eigenvalue weighted by Gasteiger charge is -2.70. The van der Waals surface area contributed by atoms with E-state index in [1.54, 1.807) is 5.57 Å². The highest BCUT2D eigenvalue weighted by Crippen LogP contribution is 2.84. The van der Waals surface area contributed by atoms with Crippen LogP contribution in [0, 0.1) is 55.7 Å². The van der Waals surface area contributed by atoms with Gasteiger partial charge in [-0.3, -0.25) is 4.79 Å². The Morgan fingerprint density at radius 1 is 0.620 bits per heavy atom. The first-order chi connectivity index (χ1) is 34.1. The zero-order valence-electron chi connectivity index (χ0n) is 43.5. The molecule has 0 bridgehead atoms. The summed E-state index contributed by atoms with van der Waals surface area (Å²) in [6.07, 6.45) is 11.2. The van der Waals surface area contributed by atoms with Gasteiger partial charge in [-0.25, -0.2) is 0 Å². The number of ether oxygens (including phenoxy) is 5. The molecule has 0 amide bonds. The summed E-state index contributed by atoms with van der Waals surface area (Å²) in [7, 11) is 0. The molecule has 6 aliphatic carbocycles. The molecular formula is C64H80O7. The lowest BCUT2D eigenvalue weighted by atomic mass is 9.34. The lowest BCUT2D eigenvalue weighted by Crippen LogP contribution is -2.66. The van der Waals surface area contributed by atoms with Gasteiger partial charge in [0.1, 0.15) is 31.0 Å². The lowest BCUT2D eigenvalue weighted by molar-refractivity contribution is -0.283. The highest BCUT2D eigenvalue weighted by Gasteiger charge is 2.80. The minimum absolute atomic E-state index is 0.00111. The van der Waals surface area contributed by atoms with E-state index in [0.29, 0.717) is 44.9 Å². The van der Waals surface area contributed by atoms with Gasteiger partial charge >= 0.3 is 5.97 Å². The maximum Gasteiger partial charge on any atom is 0.313 e. The number of carbonyl (C=O) groups is 1. The molecule has 0 spiro atoms. The van der Waals surface area contributed by atoms with Crippen molar-refractivity contribution in [2.24, 2.45) is 55.7 Å². The van der Waals surface area contributed by atoms with Crippen LogP contribution < -0.4 is 0 Å². The van der Waals surface area contributed by atoms with Crippen LogP contribution in [0.4, 0.5) is 0 Å². The minimum Gasteiger partial charge on any atom is -0.460 e. The van der Waals surface area contributed by atoms with Gasteiger partial charge in [0.2, 0.25) is 0 Å². The van der Waals surface area contributed by atoms with E-state index in [-0.39, 0.29) is 50.5 Å². The summed E-state index contributed by atoms with van der Waals surface area (Å²) in [5, 5.41) is 12.8. The highest BCUT2D eigenvalue weighted by atomic mass is 16.6. The monoisotopic (exact) mass is 961 g/mol. The first-order valence-corrected chi connectivity index (χ1v) is 27.3. The van der Waals surface area contributed by atoms with Crippen molar-refractivity contribution in [1.29, 1.82) is 0 Å². The van der Waals surface area contributed by atoms with Crippen LogP contribution in [-0.2, 0) is 54.9 Å². The maximum absolute atomic E-state index is 14.7. The highest BCUT2D eigenvalue weighted by molar-refractivity contribution is 5.79. The number of carbonyl (C=O) groups excluding carboxylic acids is 1. The first-order valence-electron chi connectivity index (χ1n) is 27.3. The number of fused-ring (bicyclic) bond motifs is 9. The van der Waals surface area contributed by atoms with Gasteiger partial charge in [0, 0.05) is 5.41 Å². The third kappa shape index (κ3) is 8.31. The van der Waals surface area contributed by atoms with Gasteiger partial charge in [0.05, 0.1) is 37.9 Å². The van der Waals surface area contributed by atoms with E-state index < -0.39 is 29.8 Å². The number of hydrogen-bond acceptors (Lipinski definition) is 7. The van der Waals surface area contributed by atoms with Crippen LogP contribution in [0.5, 0.6) is 0 Å². The number of hydrogen-bond donors (Lipinski definition) is 1. The van der Waals surface area contributed by atoms with Gasteiger partial charge in [0.15, 0.2) is 0 Å². The molecule has 378 valence electrons. The Labute approximate surface area is 424 Å². The Bertz CT molecular complexity index is 2530. The number of esters is 1. The van der Waals surface area contributed by atoms with E-state index in [1.807, 2.05) is 60.7 Å². The molecule has 14 atom stereocenters. The first kappa shape index (κ1) is 49.1. The Morgan fingerprint density at radius 3 is 1.80 bits per heavy atom. The van der Waals surface area contributed by atoms with Crippen molar-refractivity contribution in [3.8, 4) is 0 Å². The quantitative estimate of drug-likeness (QED) is 0.0995. The average molecular weight is 961 g/mol. The molecule has 71 heavy (non-hydrogen) atoms.